The number of benzene rings is 1. The van der Waals surface area contributed by atoms with Gasteiger partial charge in [0.2, 0.25) is 5.91 Å². The zero-order chi connectivity index (χ0) is 21.4. The average molecular weight is 450 g/mol. The number of methoxy groups -OCH3 is 2. The molecule has 0 unspecified atom stereocenters. The lowest BCUT2D eigenvalue weighted by Crippen LogP contribution is -2.58. The highest BCUT2D eigenvalue weighted by Gasteiger charge is 2.68. The molecule has 0 N–H and O–H groups in total. The van der Waals surface area contributed by atoms with Gasteiger partial charge in [0.15, 0.2) is 11.5 Å². The van der Waals surface area contributed by atoms with Crippen molar-refractivity contribution < 1.29 is 19.1 Å². The van der Waals surface area contributed by atoms with E-state index >= 15 is 0 Å². The molecule has 1 aromatic carbocycles. The van der Waals surface area contributed by atoms with Crippen LogP contribution in [0.5, 0.6) is 11.5 Å². The van der Waals surface area contributed by atoms with E-state index in [9.17, 15) is 9.59 Å². The molecule has 5 nitrogen and oxygen atoms in total. The minimum atomic E-state index is -0.732. The van der Waals surface area contributed by atoms with Gasteiger partial charge in [-0.2, -0.15) is 0 Å². The Hall–Kier alpha value is -1.34. The van der Waals surface area contributed by atoms with Gasteiger partial charge in [0.25, 0.3) is 0 Å². The van der Waals surface area contributed by atoms with Gasteiger partial charge in [0, 0.05) is 13.0 Å². The van der Waals surface area contributed by atoms with Crippen molar-refractivity contribution in [2.45, 2.75) is 55.6 Å². The Morgan fingerprint density at radius 1 is 1.20 bits per heavy atom. The summed E-state index contributed by atoms with van der Waals surface area (Å²) >= 11 is 3.73. The van der Waals surface area contributed by atoms with Crippen molar-refractivity contribution in [3.63, 3.8) is 0 Å². The summed E-state index contributed by atoms with van der Waals surface area (Å²) in [5.41, 5.74) is 0.914. The van der Waals surface area contributed by atoms with E-state index in [1.165, 1.54) is 5.56 Å². The van der Waals surface area contributed by atoms with Gasteiger partial charge in [-0.3, -0.25) is 4.79 Å². The number of rotatable bonds is 7. The summed E-state index contributed by atoms with van der Waals surface area (Å²) < 4.78 is 11.3. The quantitative estimate of drug-likeness (QED) is 0.580. The molecule has 0 bridgehead atoms. The van der Waals surface area contributed by atoms with E-state index in [4.69, 9.17) is 9.47 Å². The maximum atomic E-state index is 13.4. The van der Waals surface area contributed by atoms with Crippen LogP contribution in [0, 0.1) is 5.41 Å². The standard InChI is InChI=1S/C23H31NO4S2/c1-4-5-8-23-17-13-19(28-3)18(27-2)12-16(17)7-9-24(23)20(26)14-22(23,15-25)21-29-10-6-11-30-21/h12-13,15,21H,4-11,14H2,1-3H3/t22-,23-/m0/s1. The van der Waals surface area contributed by atoms with Gasteiger partial charge in [-0.1, -0.05) is 19.8 Å². The molecule has 30 heavy (non-hydrogen) atoms. The van der Waals surface area contributed by atoms with Crippen molar-refractivity contribution in [1.82, 2.24) is 4.90 Å². The van der Waals surface area contributed by atoms with Crippen molar-refractivity contribution in [2.75, 3.05) is 32.3 Å². The zero-order valence-corrected chi connectivity index (χ0v) is 19.7. The summed E-state index contributed by atoms with van der Waals surface area (Å²) in [5, 5.41) is 0. The molecule has 1 aromatic rings. The number of aldehydes is 1. The first kappa shape index (κ1) is 21.9. The molecule has 3 heterocycles. The summed E-state index contributed by atoms with van der Waals surface area (Å²) in [6.07, 6.45) is 6.16. The van der Waals surface area contributed by atoms with Crippen LogP contribution >= 0.6 is 23.5 Å². The van der Waals surface area contributed by atoms with Crippen LogP contribution < -0.4 is 9.47 Å². The third-order valence-corrected chi connectivity index (χ3v) is 10.3. The van der Waals surface area contributed by atoms with Crippen LogP contribution in [0.2, 0.25) is 0 Å². The molecule has 1 amide bonds. The second-order valence-electron chi connectivity index (χ2n) is 8.39. The summed E-state index contributed by atoms with van der Waals surface area (Å²) in [5.74, 6) is 3.58. The third kappa shape index (κ3) is 3.07. The van der Waals surface area contributed by atoms with Gasteiger partial charge >= 0.3 is 0 Å². The number of hydrogen-bond acceptors (Lipinski definition) is 6. The zero-order valence-electron chi connectivity index (χ0n) is 18.1. The first-order chi connectivity index (χ1) is 14.6. The smallest absolute Gasteiger partial charge is 0.224 e. The minimum Gasteiger partial charge on any atom is -0.493 e. The van der Waals surface area contributed by atoms with E-state index in [1.807, 2.05) is 34.5 Å². The summed E-state index contributed by atoms with van der Waals surface area (Å²) in [6, 6.07) is 4.10. The Morgan fingerprint density at radius 3 is 2.53 bits per heavy atom. The van der Waals surface area contributed by atoms with Crippen LogP contribution in [0.3, 0.4) is 0 Å². The molecule has 7 heteroatoms. The van der Waals surface area contributed by atoms with Crippen molar-refractivity contribution in [1.29, 1.82) is 0 Å². The number of thioether (sulfide) groups is 2. The molecule has 2 fully saturated rings. The van der Waals surface area contributed by atoms with Gasteiger partial charge in [0.05, 0.1) is 29.8 Å². The summed E-state index contributed by atoms with van der Waals surface area (Å²) in [7, 11) is 3.29. The number of fused-ring (bicyclic) bond motifs is 3. The number of carbonyl (C=O) groups excluding carboxylic acids is 2. The number of nitrogens with zero attached hydrogens (tertiary/aromatic N) is 1. The molecule has 3 aliphatic heterocycles. The number of hydrogen-bond donors (Lipinski definition) is 0. The summed E-state index contributed by atoms with van der Waals surface area (Å²) in [4.78, 5) is 28.4. The number of amides is 1. The highest BCUT2D eigenvalue weighted by Crippen LogP contribution is 2.63. The summed E-state index contributed by atoms with van der Waals surface area (Å²) in [6.45, 7) is 2.82. The SMILES string of the molecule is CCCC[C@@]12c3cc(OC)c(OC)cc3CCN1C(=O)C[C@]2(C=O)C1SCCCS1. The number of ether oxygens (including phenoxy) is 2. The third-order valence-electron chi connectivity index (χ3n) is 6.99. The first-order valence-electron chi connectivity index (χ1n) is 10.8. The Kier molecular flexibility index (Phi) is 6.31. The van der Waals surface area contributed by atoms with Crippen molar-refractivity contribution in [3.05, 3.63) is 23.3 Å². The fourth-order valence-corrected chi connectivity index (χ4v) is 9.06. The van der Waals surface area contributed by atoms with Crippen LogP contribution in [0.4, 0.5) is 0 Å². The van der Waals surface area contributed by atoms with E-state index < -0.39 is 11.0 Å². The van der Waals surface area contributed by atoms with Gasteiger partial charge < -0.3 is 19.2 Å². The lowest BCUT2D eigenvalue weighted by atomic mass is 9.63. The largest absolute Gasteiger partial charge is 0.493 e. The van der Waals surface area contributed by atoms with Crippen LogP contribution in [0.15, 0.2) is 12.1 Å². The molecule has 2 saturated heterocycles. The van der Waals surface area contributed by atoms with Crippen LogP contribution in [-0.2, 0) is 21.5 Å². The highest BCUT2D eigenvalue weighted by molar-refractivity contribution is 8.17. The normalized spacial score (nSPS) is 28.8. The molecule has 2 atom stereocenters. The van der Waals surface area contributed by atoms with Gasteiger partial charge in [-0.15, -0.1) is 23.5 Å². The predicted molar refractivity (Wildman–Crippen MR) is 123 cm³/mol. The highest BCUT2D eigenvalue weighted by atomic mass is 32.2. The lowest BCUT2D eigenvalue weighted by Gasteiger charge is -2.53. The Bertz CT molecular complexity index is 826. The Labute approximate surface area is 187 Å². The van der Waals surface area contributed by atoms with Gasteiger partial charge in [-0.05, 0) is 54.0 Å². The van der Waals surface area contributed by atoms with Crippen molar-refractivity contribution >= 4 is 35.7 Å². The number of unbranched alkanes of at least 4 members (excludes halogenated alkanes) is 1. The maximum absolute atomic E-state index is 13.4. The van der Waals surface area contributed by atoms with Gasteiger partial charge in [0.1, 0.15) is 6.29 Å². The molecule has 0 aliphatic carbocycles. The van der Waals surface area contributed by atoms with Crippen molar-refractivity contribution in [2.24, 2.45) is 5.41 Å². The molecular weight excluding hydrogens is 418 g/mol. The molecule has 3 aliphatic rings. The van der Waals surface area contributed by atoms with Gasteiger partial charge in [-0.25, -0.2) is 0 Å². The van der Waals surface area contributed by atoms with E-state index in [-0.39, 0.29) is 10.5 Å². The monoisotopic (exact) mass is 449 g/mol. The van der Waals surface area contributed by atoms with Crippen LogP contribution in [0.1, 0.15) is 50.2 Å². The molecule has 0 radical (unpaired) electrons. The molecular formula is C23H31NO4S2. The van der Waals surface area contributed by atoms with E-state index in [1.54, 1.807) is 14.2 Å². The minimum absolute atomic E-state index is 0.0913. The molecule has 0 saturated carbocycles. The predicted octanol–water partition coefficient (Wildman–Crippen LogP) is 4.26. The second-order valence-corrected chi connectivity index (χ2v) is 11.1. The van der Waals surface area contributed by atoms with Crippen LogP contribution in [0.25, 0.3) is 0 Å². The topological polar surface area (TPSA) is 55.8 Å². The molecule has 0 spiro atoms. The first-order valence-corrected chi connectivity index (χ1v) is 12.9. The van der Waals surface area contributed by atoms with E-state index in [2.05, 4.69) is 13.0 Å². The second kappa shape index (κ2) is 8.65. The Morgan fingerprint density at radius 2 is 1.90 bits per heavy atom. The fourth-order valence-electron chi connectivity index (χ4n) is 5.61. The Balaban J connectivity index is 1.97. The average Bonchev–Trinajstić information content (AvgIpc) is 3.06. The van der Waals surface area contributed by atoms with E-state index in [0.717, 1.165) is 55.5 Å². The van der Waals surface area contributed by atoms with Crippen molar-refractivity contribution in [3.8, 4) is 11.5 Å². The molecule has 0 aromatic heterocycles. The fraction of sp³-hybridized carbons (Fsp3) is 0.652. The maximum Gasteiger partial charge on any atom is 0.224 e. The molecule has 4 rings (SSSR count). The van der Waals surface area contributed by atoms with E-state index in [0.29, 0.717) is 24.5 Å². The number of carbonyl (C=O) groups is 2. The molecule has 164 valence electrons. The van der Waals surface area contributed by atoms with Crippen LogP contribution in [-0.4, -0.2) is 53.9 Å². The lowest BCUT2D eigenvalue weighted by molar-refractivity contribution is -0.133.